The standard InChI is InChI=1S/C20H20ClNO3/c1-4-9-22-17-8-6-5-7-14(17)15(20(22)23)10-13-11-18(24-2)19(25-3)12-16(13)21/h5-8,10-12H,4,9H2,1-3H3/b15-10-. The minimum Gasteiger partial charge on any atom is -0.493 e. The molecule has 0 N–H and O–H groups in total. The predicted molar refractivity (Wildman–Crippen MR) is 102 cm³/mol. The number of amides is 1. The van der Waals surface area contributed by atoms with Crippen molar-refractivity contribution in [3.05, 3.63) is 52.5 Å². The number of carbonyl (C=O) groups is 1. The number of anilines is 1. The number of hydrogen-bond acceptors (Lipinski definition) is 3. The summed E-state index contributed by atoms with van der Waals surface area (Å²) in [6.45, 7) is 2.75. The summed E-state index contributed by atoms with van der Waals surface area (Å²) in [5, 5.41) is 0.504. The molecule has 0 radical (unpaired) electrons. The van der Waals surface area contributed by atoms with Crippen molar-refractivity contribution in [2.45, 2.75) is 13.3 Å². The number of methoxy groups -OCH3 is 2. The van der Waals surface area contributed by atoms with Gasteiger partial charge < -0.3 is 14.4 Å². The number of hydrogen-bond donors (Lipinski definition) is 0. The first kappa shape index (κ1) is 17.4. The Balaban J connectivity index is 2.11. The van der Waals surface area contributed by atoms with Crippen LogP contribution >= 0.6 is 11.6 Å². The zero-order chi connectivity index (χ0) is 18.0. The largest absolute Gasteiger partial charge is 0.493 e. The summed E-state index contributed by atoms with van der Waals surface area (Å²) in [4.78, 5) is 14.7. The molecule has 0 unspecified atom stereocenters. The molecule has 130 valence electrons. The molecule has 0 spiro atoms. The Bertz CT molecular complexity index is 845. The number of fused-ring (bicyclic) bond motifs is 1. The van der Waals surface area contributed by atoms with Gasteiger partial charge >= 0.3 is 0 Å². The third-order valence-electron chi connectivity index (χ3n) is 4.21. The van der Waals surface area contributed by atoms with Crippen molar-refractivity contribution < 1.29 is 14.3 Å². The number of rotatable bonds is 5. The predicted octanol–water partition coefficient (Wildman–Crippen LogP) is 4.65. The van der Waals surface area contributed by atoms with Crippen LogP contribution in [0.1, 0.15) is 24.5 Å². The Hall–Kier alpha value is -2.46. The summed E-state index contributed by atoms with van der Waals surface area (Å²) in [5.41, 5.74) is 3.22. The van der Waals surface area contributed by atoms with Gasteiger partial charge in [0.25, 0.3) is 5.91 Å². The molecule has 2 aromatic carbocycles. The molecule has 0 saturated heterocycles. The van der Waals surface area contributed by atoms with Gasteiger partial charge in [0.2, 0.25) is 0 Å². The normalized spacial score (nSPS) is 14.8. The third-order valence-corrected chi connectivity index (χ3v) is 4.54. The van der Waals surface area contributed by atoms with E-state index in [1.165, 1.54) is 0 Å². The SMILES string of the molecule is CCCN1C(=O)/C(=C\c2cc(OC)c(OC)cc2Cl)c2ccccc21. The molecule has 0 aliphatic carbocycles. The van der Waals surface area contributed by atoms with Crippen LogP contribution in [0.5, 0.6) is 11.5 Å². The van der Waals surface area contributed by atoms with Crippen LogP contribution < -0.4 is 14.4 Å². The Morgan fingerprint density at radius 1 is 1.12 bits per heavy atom. The molecule has 1 aliphatic rings. The average Bonchev–Trinajstić information content (AvgIpc) is 2.89. The average molecular weight is 358 g/mol. The maximum atomic E-state index is 12.9. The van der Waals surface area contributed by atoms with Gasteiger partial charge in [-0.1, -0.05) is 36.7 Å². The first-order valence-corrected chi connectivity index (χ1v) is 8.53. The van der Waals surface area contributed by atoms with Gasteiger partial charge in [-0.25, -0.2) is 0 Å². The topological polar surface area (TPSA) is 38.8 Å². The fourth-order valence-electron chi connectivity index (χ4n) is 3.03. The number of ether oxygens (including phenoxy) is 2. The van der Waals surface area contributed by atoms with Crippen LogP contribution in [-0.4, -0.2) is 26.7 Å². The van der Waals surface area contributed by atoms with Crippen molar-refractivity contribution in [3.63, 3.8) is 0 Å². The second-order valence-corrected chi connectivity index (χ2v) is 6.17. The van der Waals surface area contributed by atoms with E-state index in [0.717, 1.165) is 23.2 Å². The molecule has 25 heavy (non-hydrogen) atoms. The van der Waals surface area contributed by atoms with Gasteiger partial charge in [0, 0.05) is 23.7 Å². The van der Waals surface area contributed by atoms with Crippen molar-refractivity contribution in [3.8, 4) is 11.5 Å². The fourth-order valence-corrected chi connectivity index (χ4v) is 3.24. The van der Waals surface area contributed by atoms with Crippen molar-refractivity contribution in [2.24, 2.45) is 0 Å². The summed E-state index contributed by atoms with van der Waals surface area (Å²) in [5.74, 6) is 1.12. The zero-order valence-corrected chi connectivity index (χ0v) is 15.3. The Morgan fingerprint density at radius 3 is 2.48 bits per heavy atom. The molecule has 0 atom stereocenters. The van der Waals surface area contributed by atoms with Crippen LogP contribution in [0.15, 0.2) is 36.4 Å². The second kappa shape index (κ2) is 7.19. The van der Waals surface area contributed by atoms with Gasteiger partial charge in [-0.3, -0.25) is 4.79 Å². The first-order chi connectivity index (χ1) is 12.1. The van der Waals surface area contributed by atoms with Crippen LogP contribution in [-0.2, 0) is 4.79 Å². The molecule has 1 heterocycles. The monoisotopic (exact) mass is 357 g/mol. The summed E-state index contributed by atoms with van der Waals surface area (Å²) >= 11 is 6.38. The minimum atomic E-state index is -0.00565. The van der Waals surface area contributed by atoms with Crippen molar-refractivity contribution >= 4 is 34.8 Å². The second-order valence-electron chi connectivity index (χ2n) is 5.76. The molecular formula is C20H20ClNO3. The van der Waals surface area contributed by atoms with E-state index in [-0.39, 0.29) is 5.91 Å². The Labute approximate surface area is 152 Å². The van der Waals surface area contributed by atoms with E-state index in [9.17, 15) is 4.79 Å². The number of para-hydroxylation sites is 1. The van der Waals surface area contributed by atoms with Crippen molar-refractivity contribution in [1.82, 2.24) is 0 Å². The molecule has 3 rings (SSSR count). The molecule has 0 fully saturated rings. The van der Waals surface area contributed by atoms with E-state index in [1.54, 1.807) is 26.4 Å². The number of benzene rings is 2. The zero-order valence-electron chi connectivity index (χ0n) is 14.5. The van der Waals surface area contributed by atoms with Crippen LogP contribution in [0, 0.1) is 0 Å². The highest BCUT2D eigenvalue weighted by atomic mass is 35.5. The molecule has 0 bridgehead atoms. The summed E-state index contributed by atoms with van der Waals surface area (Å²) in [6, 6.07) is 11.3. The lowest BCUT2D eigenvalue weighted by Gasteiger charge is -2.15. The van der Waals surface area contributed by atoms with E-state index in [1.807, 2.05) is 35.2 Å². The molecule has 1 amide bonds. The highest BCUT2D eigenvalue weighted by molar-refractivity contribution is 6.37. The fraction of sp³-hybridized carbons (Fsp3) is 0.250. The quantitative estimate of drug-likeness (QED) is 0.731. The Morgan fingerprint density at radius 2 is 1.80 bits per heavy atom. The van der Waals surface area contributed by atoms with Crippen LogP contribution in [0.4, 0.5) is 5.69 Å². The lowest BCUT2D eigenvalue weighted by atomic mass is 10.0. The van der Waals surface area contributed by atoms with E-state index in [4.69, 9.17) is 21.1 Å². The van der Waals surface area contributed by atoms with E-state index in [0.29, 0.717) is 28.6 Å². The smallest absolute Gasteiger partial charge is 0.258 e. The summed E-state index contributed by atoms with van der Waals surface area (Å²) in [7, 11) is 3.13. The minimum absolute atomic E-state index is 0.00565. The molecule has 4 nitrogen and oxygen atoms in total. The van der Waals surface area contributed by atoms with Crippen LogP contribution in [0.3, 0.4) is 0 Å². The molecule has 0 saturated carbocycles. The van der Waals surface area contributed by atoms with E-state index < -0.39 is 0 Å². The Kier molecular flexibility index (Phi) is 5.00. The number of carbonyl (C=O) groups excluding carboxylic acids is 1. The van der Waals surface area contributed by atoms with Crippen molar-refractivity contribution in [1.29, 1.82) is 0 Å². The van der Waals surface area contributed by atoms with Gasteiger partial charge in [0.05, 0.1) is 24.9 Å². The first-order valence-electron chi connectivity index (χ1n) is 8.15. The van der Waals surface area contributed by atoms with Gasteiger partial charge in [0.15, 0.2) is 11.5 Å². The molecule has 2 aromatic rings. The van der Waals surface area contributed by atoms with Gasteiger partial charge in [-0.05, 0) is 30.2 Å². The van der Waals surface area contributed by atoms with Gasteiger partial charge in [-0.2, -0.15) is 0 Å². The maximum Gasteiger partial charge on any atom is 0.258 e. The number of halogens is 1. The van der Waals surface area contributed by atoms with Crippen LogP contribution in [0.25, 0.3) is 11.6 Å². The molecule has 5 heteroatoms. The summed E-state index contributed by atoms with van der Waals surface area (Å²) in [6.07, 6.45) is 2.71. The van der Waals surface area contributed by atoms with Crippen molar-refractivity contribution in [2.75, 3.05) is 25.7 Å². The van der Waals surface area contributed by atoms with E-state index in [2.05, 4.69) is 6.92 Å². The lowest BCUT2D eigenvalue weighted by molar-refractivity contribution is -0.113. The van der Waals surface area contributed by atoms with Gasteiger partial charge in [-0.15, -0.1) is 0 Å². The van der Waals surface area contributed by atoms with Crippen LogP contribution in [0.2, 0.25) is 5.02 Å². The molecule has 0 aromatic heterocycles. The maximum absolute atomic E-state index is 12.9. The van der Waals surface area contributed by atoms with Gasteiger partial charge in [0.1, 0.15) is 0 Å². The highest BCUT2D eigenvalue weighted by Crippen LogP contribution is 2.40. The third kappa shape index (κ3) is 3.10. The molecular weight excluding hydrogens is 338 g/mol. The summed E-state index contributed by atoms with van der Waals surface area (Å²) < 4.78 is 10.6. The highest BCUT2D eigenvalue weighted by Gasteiger charge is 2.31. The molecule has 1 aliphatic heterocycles. The van der Waals surface area contributed by atoms with E-state index >= 15 is 0 Å². The lowest BCUT2D eigenvalue weighted by Crippen LogP contribution is -2.26. The number of nitrogens with zero attached hydrogens (tertiary/aromatic N) is 1.